The lowest BCUT2D eigenvalue weighted by Gasteiger charge is -2.33. The zero-order valence-electron chi connectivity index (χ0n) is 15.5. The number of thiazole rings is 1. The Balaban J connectivity index is 1.46. The lowest BCUT2D eigenvalue weighted by Crippen LogP contribution is -2.50. The van der Waals surface area contributed by atoms with Gasteiger partial charge in [0.25, 0.3) is 10.2 Å². The van der Waals surface area contributed by atoms with Crippen LogP contribution in [0.5, 0.6) is 0 Å². The fourth-order valence-corrected chi connectivity index (χ4v) is 6.57. The van der Waals surface area contributed by atoms with Crippen LogP contribution in [0.25, 0.3) is 10.2 Å². The maximum Gasteiger partial charge on any atom is 0.307 e. The molecule has 1 aromatic heterocycles. The van der Waals surface area contributed by atoms with Crippen molar-refractivity contribution in [3.8, 4) is 0 Å². The Morgan fingerprint density at radius 3 is 2.64 bits per heavy atom. The molecule has 2 aromatic rings. The van der Waals surface area contributed by atoms with E-state index < -0.39 is 22.1 Å². The van der Waals surface area contributed by atoms with Gasteiger partial charge in [-0.15, -0.1) is 0 Å². The Hall–Kier alpha value is -1.75. The first-order valence-corrected chi connectivity index (χ1v) is 11.7. The van der Waals surface area contributed by atoms with Gasteiger partial charge in [0, 0.05) is 39.3 Å². The van der Waals surface area contributed by atoms with Crippen molar-refractivity contribution in [1.29, 1.82) is 0 Å². The van der Waals surface area contributed by atoms with Gasteiger partial charge in [-0.05, 0) is 31.4 Å². The van der Waals surface area contributed by atoms with Crippen LogP contribution in [-0.2, 0) is 15.0 Å². The SMILES string of the molecule is O=C(O)C1CCCN(S(=O)(=O)N2CCCN(c3nc4ccccc4s3)CC2)C1. The summed E-state index contributed by atoms with van der Waals surface area (Å²) >= 11 is 1.62. The van der Waals surface area contributed by atoms with Crippen molar-refractivity contribution in [3.63, 3.8) is 0 Å². The van der Waals surface area contributed by atoms with Crippen molar-refractivity contribution in [2.24, 2.45) is 5.92 Å². The summed E-state index contributed by atoms with van der Waals surface area (Å²) in [7, 11) is -3.65. The highest BCUT2D eigenvalue weighted by atomic mass is 32.2. The van der Waals surface area contributed by atoms with Crippen LogP contribution >= 0.6 is 11.3 Å². The number of fused-ring (bicyclic) bond motifs is 1. The summed E-state index contributed by atoms with van der Waals surface area (Å²) in [6.45, 7) is 2.61. The minimum Gasteiger partial charge on any atom is -0.481 e. The molecule has 2 saturated heterocycles. The first-order chi connectivity index (χ1) is 13.4. The maximum absolute atomic E-state index is 13.1. The van der Waals surface area contributed by atoms with Crippen molar-refractivity contribution >= 4 is 42.9 Å². The summed E-state index contributed by atoms with van der Waals surface area (Å²) in [5, 5.41) is 10.2. The van der Waals surface area contributed by atoms with E-state index >= 15 is 0 Å². The Morgan fingerprint density at radius 1 is 1.07 bits per heavy atom. The number of carbonyl (C=O) groups is 1. The number of piperidine rings is 1. The largest absolute Gasteiger partial charge is 0.481 e. The first kappa shape index (κ1) is 19.6. The Kier molecular flexibility index (Phi) is 5.55. The van der Waals surface area contributed by atoms with Crippen LogP contribution in [0.15, 0.2) is 24.3 Å². The fraction of sp³-hybridized carbons (Fsp3) is 0.556. The van der Waals surface area contributed by atoms with E-state index in [9.17, 15) is 18.3 Å². The first-order valence-electron chi connectivity index (χ1n) is 9.54. The third-order valence-corrected chi connectivity index (χ3v) is 8.49. The molecule has 3 heterocycles. The van der Waals surface area contributed by atoms with Gasteiger partial charge in [0.05, 0.1) is 16.1 Å². The van der Waals surface area contributed by atoms with E-state index in [1.165, 1.54) is 8.61 Å². The average molecular weight is 425 g/mol. The van der Waals surface area contributed by atoms with Crippen molar-refractivity contribution in [2.45, 2.75) is 19.3 Å². The van der Waals surface area contributed by atoms with Crippen molar-refractivity contribution in [1.82, 2.24) is 13.6 Å². The predicted molar refractivity (Wildman–Crippen MR) is 109 cm³/mol. The number of hydrogen-bond acceptors (Lipinski definition) is 6. The van der Waals surface area contributed by atoms with Gasteiger partial charge in [0.2, 0.25) is 0 Å². The number of hydrogen-bond donors (Lipinski definition) is 1. The maximum atomic E-state index is 13.1. The predicted octanol–water partition coefficient (Wildman–Crippen LogP) is 1.85. The molecule has 28 heavy (non-hydrogen) atoms. The van der Waals surface area contributed by atoms with Crippen molar-refractivity contribution in [2.75, 3.05) is 44.2 Å². The van der Waals surface area contributed by atoms with Crippen molar-refractivity contribution < 1.29 is 18.3 Å². The third kappa shape index (κ3) is 3.86. The molecule has 0 aliphatic carbocycles. The molecule has 2 aliphatic heterocycles. The number of nitrogens with zero attached hydrogens (tertiary/aromatic N) is 4. The Bertz CT molecular complexity index is 928. The van der Waals surface area contributed by atoms with Gasteiger partial charge >= 0.3 is 5.97 Å². The van der Waals surface area contributed by atoms with Crippen LogP contribution in [0.3, 0.4) is 0 Å². The average Bonchev–Trinajstić information content (AvgIpc) is 2.96. The van der Waals surface area contributed by atoms with Gasteiger partial charge in [-0.3, -0.25) is 4.79 Å². The van der Waals surface area contributed by atoms with E-state index in [2.05, 4.69) is 9.88 Å². The topological polar surface area (TPSA) is 94.0 Å². The number of rotatable bonds is 4. The summed E-state index contributed by atoms with van der Waals surface area (Å²) in [5.41, 5.74) is 0.962. The lowest BCUT2D eigenvalue weighted by molar-refractivity contribution is -0.142. The highest BCUT2D eigenvalue weighted by molar-refractivity contribution is 7.86. The van der Waals surface area contributed by atoms with Crippen LogP contribution in [0, 0.1) is 5.92 Å². The van der Waals surface area contributed by atoms with E-state index in [0.717, 1.165) is 21.9 Å². The molecule has 10 heteroatoms. The number of para-hydroxylation sites is 1. The van der Waals surface area contributed by atoms with E-state index in [-0.39, 0.29) is 6.54 Å². The van der Waals surface area contributed by atoms with Crippen LogP contribution in [0.2, 0.25) is 0 Å². The molecule has 8 nitrogen and oxygen atoms in total. The Morgan fingerprint density at radius 2 is 1.86 bits per heavy atom. The number of carboxylic acids is 1. The van der Waals surface area contributed by atoms with Crippen LogP contribution in [-0.4, -0.2) is 72.4 Å². The molecule has 2 aliphatic rings. The second-order valence-electron chi connectivity index (χ2n) is 7.25. The molecular weight excluding hydrogens is 400 g/mol. The number of carboxylic acid groups (broad SMARTS) is 1. The van der Waals surface area contributed by atoms with E-state index in [0.29, 0.717) is 45.4 Å². The van der Waals surface area contributed by atoms with Gasteiger partial charge in [0.1, 0.15) is 0 Å². The number of aromatic nitrogens is 1. The molecule has 0 amide bonds. The second kappa shape index (κ2) is 7.94. The molecule has 1 N–H and O–H groups in total. The highest BCUT2D eigenvalue weighted by Crippen LogP contribution is 2.30. The normalized spacial score (nSPS) is 23.0. The molecule has 1 atom stereocenters. The minimum absolute atomic E-state index is 0.0652. The molecule has 2 fully saturated rings. The number of benzene rings is 1. The molecule has 0 saturated carbocycles. The molecule has 0 bridgehead atoms. The molecule has 4 rings (SSSR count). The van der Waals surface area contributed by atoms with Gasteiger partial charge in [-0.25, -0.2) is 4.98 Å². The van der Waals surface area contributed by atoms with Gasteiger partial charge in [-0.2, -0.15) is 17.0 Å². The molecule has 1 unspecified atom stereocenters. The summed E-state index contributed by atoms with van der Waals surface area (Å²) in [6.07, 6.45) is 1.83. The summed E-state index contributed by atoms with van der Waals surface area (Å²) in [5.74, 6) is -1.53. The smallest absolute Gasteiger partial charge is 0.307 e. The molecule has 0 radical (unpaired) electrons. The van der Waals surface area contributed by atoms with E-state index in [4.69, 9.17) is 0 Å². The van der Waals surface area contributed by atoms with Gasteiger partial charge < -0.3 is 10.0 Å². The fourth-order valence-electron chi connectivity index (χ4n) is 3.83. The molecule has 0 spiro atoms. The monoisotopic (exact) mass is 424 g/mol. The number of aliphatic carboxylic acids is 1. The quantitative estimate of drug-likeness (QED) is 0.805. The van der Waals surface area contributed by atoms with Crippen LogP contribution < -0.4 is 4.90 Å². The lowest BCUT2D eigenvalue weighted by atomic mass is 10.0. The van der Waals surface area contributed by atoms with Crippen LogP contribution in [0.1, 0.15) is 19.3 Å². The standard InChI is InChI=1S/C18H24N4O4S2/c23-17(24)14-5-3-9-22(13-14)28(25,26)21-10-4-8-20(11-12-21)18-19-15-6-1-2-7-16(15)27-18/h1-2,6-7,14H,3-5,8-13H2,(H,23,24). The third-order valence-electron chi connectivity index (χ3n) is 5.39. The van der Waals surface area contributed by atoms with Crippen LogP contribution in [0.4, 0.5) is 5.13 Å². The van der Waals surface area contributed by atoms with Gasteiger partial charge in [-0.1, -0.05) is 23.5 Å². The highest BCUT2D eigenvalue weighted by Gasteiger charge is 2.36. The van der Waals surface area contributed by atoms with Crippen molar-refractivity contribution in [3.05, 3.63) is 24.3 Å². The minimum atomic E-state index is -3.65. The molecular formula is C18H24N4O4S2. The summed E-state index contributed by atoms with van der Waals surface area (Å²) in [6, 6.07) is 7.98. The van der Waals surface area contributed by atoms with E-state index in [1.807, 2.05) is 24.3 Å². The zero-order valence-corrected chi connectivity index (χ0v) is 17.2. The summed E-state index contributed by atoms with van der Waals surface area (Å²) in [4.78, 5) is 18.1. The van der Waals surface area contributed by atoms with E-state index in [1.54, 1.807) is 11.3 Å². The zero-order chi connectivity index (χ0) is 19.7. The second-order valence-corrected chi connectivity index (χ2v) is 10.2. The van der Waals surface area contributed by atoms with Gasteiger partial charge in [0.15, 0.2) is 5.13 Å². The molecule has 1 aromatic carbocycles. The summed E-state index contributed by atoms with van der Waals surface area (Å²) < 4.78 is 30.1. The Labute approximate surface area is 168 Å². The number of anilines is 1. The molecule has 152 valence electrons.